The maximum atomic E-state index is 11.8. The number of rotatable bonds is 2. The molecule has 2 rings (SSSR count). The molecule has 2 aliphatic heterocycles. The lowest BCUT2D eigenvalue weighted by atomic mass is 9.94. The fraction of sp³-hybridized carbons (Fsp3) is 0.889. The van der Waals surface area contributed by atoms with E-state index in [9.17, 15) is 4.79 Å². The molecule has 0 saturated carbocycles. The zero-order valence-corrected chi connectivity index (χ0v) is 13.2. The van der Waals surface area contributed by atoms with Gasteiger partial charge in [0.05, 0.1) is 0 Å². The Morgan fingerprint density at radius 3 is 2.93 bits per heavy atom. The fourth-order valence-corrected chi connectivity index (χ4v) is 8.39. The second-order valence-electron chi connectivity index (χ2n) is 4.47. The third-order valence-electron chi connectivity index (χ3n) is 3.72. The van der Waals surface area contributed by atoms with Crippen LogP contribution in [0.3, 0.4) is 0 Å². The van der Waals surface area contributed by atoms with Crippen molar-refractivity contribution in [2.24, 2.45) is 5.92 Å². The number of hydrogen-bond acceptors (Lipinski definition) is 1. The summed E-state index contributed by atoms with van der Waals surface area (Å²) in [5.74, 6) is 1.12. The van der Waals surface area contributed by atoms with Crippen molar-refractivity contribution in [3.05, 3.63) is 0 Å². The fourth-order valence-electron chi connectivity index (χ4n) is 2.79. The zero-order valence-electron chi connectivity index (χ0n) is 9.02. The zero-order chi connectivity index (χ0) is 11.0. The van der Waals surface area contributed by atoms with E-state index >= 15 is 0 Å². The van der Waals surface area contributed by atoms with E-state index in [1.54, 1.807) is 0 Å². The van der Waals surface area contributed by atoms with Crippen LogP contribution in [0.25, 0.3) is 0 Å². The van der Waals surface area contributed by atoms with Crippen LogP contribution in [0.15, 0.2) is 0 Å². The summed E-state index contributed by atoms with van der Waals surface area (Å²) in [5, 5.41) is 0. The van der Waals surface area contributed by atoms with Crippen molar-refractivity contribution >= 4 is 39.0 Å². The highest BCUT2D eigenvalue weighted by Crippen LogP contribution is 2.71. The highest BCUT2D eigenvalue weighted by molar-refractivity contribution is 8.61. The molecule has 0 bridgehead atoms. The lowest BCUT2D eigenvalue weighted by Crippen LogP contribution is -2.40. The first-order chi connectivity index (χ1) is 7.15. The van der Waals surface area contributed by atoms with Gasteiger partial charge in [-0.05, 0) is 18.8 Å². The van der Waals surface area contributed by atoms with Gasteiger partial charge in [0.2, 0.25) is 5.91 Å². The van der Waals surface area contributed by atoms with Crippen LogP contribution in [0.1, 0.15) is 26.2 Å². The minimum atomic E-state index is 0.0387. The van der Waals surface area contributed by atoms with Gasteiger partial charge in [0.25, 0.3) is 0 Å². The highest BCUT2D eigenvalue weighted by Gasteiger charge is 2.44. The Morgan fingerprint density at radius 2 is 2.33 bits per heavy atom. The molecule has 2 heterocycles. The average molecular weight is 281 g/mol. The van der Waals surface area contributed by atoms with E-state index < -0.39 is 0 Å². The van der Waals surface area contributed by atoms with Crippen molar-refractivity contribution in [3.8, 4) is 0 Å². The standard InChI is InChI=1S/C9H19NOP4/c1-6-7-3-2-4-9(11)10(7)5-8(6)15(13)14-12/h6-8,14H,2-5,12-13H2,1H3/t6-,7?,8+,15?/m0/s1. The van der Waals surface area contributed by atoms with Crippen LogP contribution in [0.5, 0.6) is 0 Å². The van der Waals surface area contributed by atoms with Gasteiger partial charge in [0.15, 0.2) is 0 Å². The van der Waals surface area contributed by atoms with Gasteiger partial charge < -0.3 is 4.90 Å². The molecule has 0 spiro atoms. The van der Waals surface area contributed by atoms with Gasteiger partial charge in [-0.3, -0.25) is 4.79 Å². The van der Waals surface area contributed by atoms with Crippen LogP contribution in [0.4, 0.5) is 0 Å². The summed E-state index contributed by atoms with van der Waals surface area (Å²) in [6.07, 6.45) is 3.13. The molecule has 2 fully saturated rings. The first kappa shape index (κ1) is 12.6. The largest absolute Gasteiger partial charge is 0.339 e. The van der Waals surface area contributed by atoms with Gasteiger partial charge in [0, 0.05) is 24.7 Å². The van der Waals surface area contributed by atoms with Crippen molar-refractivity contribution in [1.29, 1.82) is 0 Å². The first-order valence-corrected chi connectivity index (χ1v) is 12.1. The van der Waals surface area contributed by atoms with Crippen LogP contribution in [0.2, 0.25) is 0 Å². The summed E-state index contributed by atoms with van der Waals surface area (Å²) >= 11 is 0. The van der Waals surface area contributed by atoms with Crippen LogP contribution < -0.4 is 0 Å². The number of nitrogens with zero attached hydrogens (tertiary/aromatic N) is 1. The average Bonchev–Trinajstić information content (AvgIpc) is 2.57. The van der Waals surface area contributed by atoms with Crippen molar-refractivity contribution in [2.45, 2.75) is 37.9 Å². The van der Waals surface area contributed by atoms with E-state index in [0.29, 0.717) is 17.9 Å². The molecule has 5 unspecified atom stereocenters. The van der Waals surface area contributed by atoms with Crippen molar-refractivity contribution in [3.63, 3.8) is 0 Å². The SMILES string of the molecule is C[C@H]1C2CCCC(=O)N2C[C@H]1P(P)PP. The Balaban J connectivity index is 2.11. The molecule has 2 saturated heterocycles. The Hall–Kier alpha value is 1.19. The van der Waals surface area contributed by atoms with E-state index in [1.165, 1.54) is 6.42 Å². The second kappa shape index (κ2) is 5.23. The van der Waals surface area contributed by atoms with Crippen LogP contribution in [0, 0.1) is 5.92 Å². The van der Waals surface area contributed by atoms with E-state index in [1.807, 2.05) is 0 Å². The van der Waals surface area contributed by atoms with E-state index in [4.69, 9.17) is 0 Å². The predicted octanol–water partition coefficient (Wildman–Crippen LogP) is 3.04. The van der Waals surface area contributed by atoms with Gasteiger partial charge in [0.1, 0.15) is 0 Å². The monoisotopic (exact) mass is 281 g/mol. The second-order valence-corrected chi connectivity index (χ2v) is 14.1. The molecule has 1 amide bonds. The molecule has 7 atom stereocenters. The molecular weight excluding hydrogens is 262 g/mol. The van der Waals surface area contributed by atoms with Crippen molar-refractivity contribution < 1.29 is 4.79 Å². The Kier molecular flexibility index (Phi) is 4.41. The van der Waals surface area contributed by atoms with Gasteiger partial charge in [-0.1, -0.05) is 22.2 Å². The molecule has 0 aromatic heterocycles. The Labute approximate surface area is 99.3 Å². The maximum absolute atomic E-state index is 11.8. The molecule has 15 heavy (non-hydrogen) atoms. The summed E-state index contributed by atoms with van der Waals surface area (Å²) in [6.45, 7) is 3.37. The molecule has 0 aromatic carbocycles. The van der Waals surface area contributed by atoms with E-state index in [0.717, 1.165) is 33.0 Å². The summed E-state index contributed by atoms with van der Waals surface area (Å²) in [7, 11) is 6.89. The summed E-state index contributed by atoms with van der Waals surface area (Å²) in [5.41, 5.74) is 0.757. The van der Waals surface area contributed by atoms with Crippen LogP contribution >= 0.6 is 33.1 Å². The normalized spacial score (nSPS) is 38.7. The Morgan fingerprint density at radius 1 is 1.60 bits per heavy atom. The van der Waals surface area contributed by atoms with Crippen LogP contribution in [-0.4, -0.2) is 29.1 Å². The molecular formula is C9H19NOP4. The van der Waals surface area contributed by atoms with Crippen molar-refractivity contribution in [2.75, 3.05) is 6.54 Å². The van der Waals surface area contributed by atoms with Gasteiger partial charge in [-0.25, -0.2) is 0 Å². The van der Waals surface area contributed by atoms with Crippen molar-refractivity contribution in [1.82, 2.24) is 4.90 Å². The molecule has 0 N–H and O–H groups in total. The lowest BCUT2D eigenvalue weighted by molar-refractivity contribution is -0.134. The van der Waals surface area contributed by atoms with E-state index in [-0.39, 0.29) is 7.30 Å². The maximum Gasteiger partial charge on any atom is 0.222 e. The summed E-state index contributed by atoms with van der Waals surface area (Å²) < 4.78 is 0. The number of carbonyl (C=O) groups is 1. The molecule has 0 aliphatic carbocycles. The Bertz CT molecular complexity index is 262. The third-order valence-corrected chi connectivity index (χ3v) is 15.1. The van der Waals surface area contributed by atoms with Gasteiger partial charge in [-0.2, -0.15) is 0 Å². The summed E-state index contributed by atoms with van der Waals surface area (Å²) in [4.78, 5) is 14.0. The van der Waals surface area contributed by atoms with Crippen LogP contribution in [-0.2, 0) is 4.79 Å². The third kappa shape index (κ3) is 2.40. The number of piperidine rings is 1. The number of hydrogen-bond donors (Lipinski definition) is 0. The highest BCUT2D eigenvalue weighted by atomic mass is 32.6. The summed E-state index contributed by atoms with van der Waals surface area (Å²) in [6, 6.07) is 0.558. The topological polar surface area (TPSA) is 20.3 Å². The smallest absolute Gasteiger partial charge is 0.222 e. The molecule has 0 aromatic rings. The molecule has 2 nitrogen and oxygen atoms in total. The molecule has 6 heteroatoms. The lowest BCUT2D eigenvalue weighted by Gasteiger charge is -2.31. The minimum Gasteiger partial charge on any atom is -0.339 e. The minimum absolute atomic E-state index is 0.0387. The van der Waals surface area contributed by atoms with E-state index in [2.05, 4.69) is 29.7 Å². The van der Waals surface area contributed by atoms with Gasteiger partial charge in [-0.15, -0.1) is 17.9 Å². The molecule has 86 valence electrons. The number of fused-ring (bicyclic) bond motifs is 1. The molecule has 0 radical (unpaired) electrons. The molecule has 2 aliphatic rings. The predicted molar refractivity (Wildman–Crippen MR) is 77.0 cm³/mol. The number of amides is 1. The quantitative estimate of drug-likeness (QED) is 0.712. The number of carbonyl (C=O) groups excluding carboxylic acids is 1. The van der Waals surface area contributed by atoms with Gasteiger partial charge >= 0.3 is 0 Å². The first-order valence-electron chi connectivity index (χ1n) is 5.44.